The van der Waals surface area contributed by atoms with Crippen LogP contribution in [0.2, 0.25) is 5.02 Å². The van der Waals surface area contributed by atoms with Gasteiger partial charge in [0.15, 0.2) is 6.61 Å². The average molecular weight is 450 g/mol. The number of ether oxygens (including phenoxy) is 1. The molecule has 0 unspecified atom stereocenters. The Labute approximate surface area is 180 Å². The molecule has 3 aromatic rings. The first-order valence-corrected chi connectivity index (χ1v) is 10.1. The van der Waals surface area contributed by atoms with E-state index < -0.39 is 24.3 Å². The van der Waals surface area contributed by atoms with Crippen LogP contribution in [0.3, 0.4) is 0 Å². The van der Waals surface area contributed by atoms with E-state index in [-0.39, 0.29) is 16.3 Å². The molecule has 0 saturated carbocycles. The Balaban J connectivity index is 1.61. The van der Waals surface area contributed by atoms with Crippen molar-refractivity contribution in [3.8, 4) is 0 Å². The highest BCUT2D eigenvalue weighted by molar-refractivity contribution is 7.98. The summed E-state index contributed by atoms with van der Waals surface area (Å²) in [6.07, 6.45) is 1.57. The minimum Gasteiger partial charge on any atom is -0.452 e. The van der Waals surface area contributed by atoms with E-state index >= 15 is 0 Å². The standard InChI is InChI=1S/C20H17ClFN3O4S/c1-11-15(12(2)29-25-11)10-30-19-14(4-3-7-23-19)20(27)28-9-18(26)24-17-6-5-13(22)8-16(17)21/h3-8H,9-10H2,1-2H3,(H,24,26). The lowest BCUT2D eigenvalue weighted by atomic mass is 10.2. The molecule has 0 spiro atoms. The molecule has 30 heavy (non-hydrogen) atoms. The predicted octanol–water partition coefficient (Wildman–Crippen LogP) is 4.57. The third kappa shape index (κ3) is 5.37. The van der Waals surface area contributed by atoms with Crippen molar-refractivity contribution < 1.29 is 23.2 Å². The minimum atomic E-state index is -0.690. The Bertz CT molecular complexity index is 1070. The summed E-state index contributed by atoms with van der Waals surface area (Å²) in [7, 11) is 0. The average Bonchev–Trinajstić information content (AvgIpc) is 3.04. The number of carbonyl (C=O) groups excluding carboxylic acids is 2. The summed E-state index contributed by atoms with van der Waals surface area (Å²) >= 11 is 7.20. The van der Waals surface area contributed by atoms with E-state index in [0.29, 0.717) is 16.5 Å². The third-order valence-corrected chi connectivity index (χ3v) is 5.41. The maximum absolute atomic E-state index is 13.1. The number of carbonyl (C=O) groups is 2. The fourth-order valence-electron chi connectivity index (χ4n) is 2.50. The number of aryl methyl sites for hydroxylation is 2. The number of thioether (sulfide) groups is 1. The molecule has 0 aliphatic rings. The van der Waals surface area contributed by atoms with Crippen molar-refractivity contribution in [2.24, 2.45) is 0 Å². The zero-order valence-corrected chi connectivity index (χ0v) is 17.6. The molecule has 7 nitrogen and oxygen atoms in total. The number of anilines is 1. The topological polar surface area (TPSA) is 94.3 Å². The summed E-state index contributed by atoms with van der Waals surface area (Å²) < 4.78 is 23.3. The molecular weight excluding hydrogens is 433 g/mol. The van der Waals surface area contributed by atoms with Crippen LogP contribution < -0.4 is 5.32 Å². The predicted molar refractivity (Wildman–Crippen MR) is 110 cm³/mol. The Morgan fingerprint density at radius 3 is 2.80 bits per heavy atom. The Hall–Kier alpha value is -2.91. The first-order valence-electron chi connectivity index (χ1n) is 8.76. The molecule has 0 saturated heterocycles. The first kappa shape index (κ1) is 21.8. The molecule has 2 aromatic heterocycles. The molecule has 2 heterocycles. The number of halogens is 2. The van der Waals surface area contributed by atoms with Gasteiger partial charge in [-0.1, -0.05) is 16.8 Å². The van der Waals surface area contributed by atoms with Gasteiger partial charge in [-0.2, -0.15) is 0 Å². The molecule has 0 aliphatic heterocycles. The molecular formula is C20H17ClFN3O4S. The van der Waals surface area contributed by atoms with Gasteiger partial charge in [-0.25, -0.2) is 14.2 Å². The van der Waals surface area contributed by atoms with Crippen LogP contribution in [0.1, 0.15) is 27.4 Å². The number of hydrogen-bond acceptors (Lipinski definition) is 7. The lowest BCUT2D eigenvalue weighted by Gasteiger charge is -2.10. The number of nitrogens with one attached hydrogen (secondary N) is 1. The van der Waals surface area contributed by atoms with E-state index in [1.807, 2.05) is 13.8 Å². The van der Waals surface area contributed by atoms with Gasteiger partial charge >= 0.3 is 5.97 Å². The second kappa shape index (κ2) is 9.73. The number of benzene rings is 1. The lowest BCUT2D eigenvalue weighted by molar-refractivity contribution is -0.119. The number of aromatic nitrogens is 2. The van der Waals surface area contributed by atoms with Crippen LogP contribution in [-0.4, -0.2) is 28.6 Å². The summed E-state index contributed by atoms with van der Waals surface area (Å²) in [6, 6.07) is 6.73. The van der Waals surface area contributed by atoms with Crippen LogP contribution in [0, 0.1) is 19.7 Å². The van der Waals surface area contributed by atoms with Gasteiger partial charge in [0.2, 0.25) is 0 Å². The molecule has 0 radical (unpaired) electrons. The van der Waals surface area contributed by atoms with Crippen LogP contribution in [-0.2, 0) is 15.3 Å². The van der Waals surface area contributed by atoms with Crippen LogP contribution in [0.5, 0.6) is 0 Å². The first-order chi connectivity index (χ1) is 14.3. The molecule has 1 aromatic carbocycles. The fourth-order valence-corrected chi connectivity index (χ4v) is 3.85. The van der Waals surface area contributed by atoms with Gasteiger partial charge in [0.1, 0.15) is 16.6 Å². The third-order valence-electron chi connectivity index (χ3n) is 4.07. The van der Waals surface area contributed by atoms with Crippen LogP contribution in [0.25, 0.3) is 0 Å². The Morgan fingerprint density at radius 1 is 1.30 bits per heavy atom. The molecule has 0 aliphatic carbocycles. The second-order valence-corrected chi connectivity index (χ2v) is 7.57. The zero-order valence-electron chi connectivity index (χ0n) is 16.1. The maximum Gasteiger partial charge on any atom is 0.341 e. The number of rotatable bonds is 7. The van der Waals surface area contributed by atoms with Crippen molar-refractivity contribution in [1.29, 1.82) is 0 Å². The fraction of sp³-hybridized carbons (Fsp3) is 0.200. The van der Waals surface area contributed by atoms with E-state index in [0.717, 1.165) is 23.4 Å². The van der Waals surface area contributed by atoms with Gasteiger partial charge in [-0.05, 0) is 44.2 Å². The van der Waals surface area contributed by atoms with Crippen molar-refractivity contribution >= 4 is 40.9 Å². The van der Waals surface area contributed by atoms with Crippen molar-refractivity contribution in [2.45, 2.75) is 24.6 Å². The molecule has 1 amide bonds. The quantitative estimate of drug-likeness (QED) is 0.417. The van der Waals surface area contributed by atoms with Crippen molar-refractivity contribution in [1.82, 2.24) is 10.1 Å². The second-order valence-electron chi connectivity index (χ2n) is 6.20. The van der Waals surface area contributed by atoms with E-state index in [9.17, 15) is 14.0 Å². The number of amides is 1. The SMILES string of the molecule is Cc1noc(C)c1CSc1ncccc1C(=O)OCC(=O)Nc1ccc(F)cc1Cl. The highest BCUT2D eigenvalue weighted by Gasteiger charge is 2.18. The van der Waals surface area contributed by atoms with E-state index in [4.69, 9.17) is 20.9 Å². The summed E-state index contributed by atoms with van der Waals surface area (Å²) in [4.78, 5) is 28.7. The van der Waals surface area contributed by atoms with Crippen molar-refractivity contribution in [3.63, 3.8) is 0 Å². The summed E-state index contributed by atoms with van der Waals surface area (Å²) in [6.45, 7) is 3.12. The van der Waals surface area contributed by atoms with Gasteiger partial charge in [0.25, 0.3) is 5.91 Å². The van der Waals surface area contributed by atoms with Crippen LogP contribution >= 0.6 is 23.4 Å². The summed E-state index contributed by atoms with van der Waals surface area (Å²) in [5, 5.41) is 6.87. The zero-order chi connectivity index (χ0) is 21.7. The number of hydrogen-bond donors (Lipinski definition) is 1. The number of pyridine rings is 1. The summed E-state index contributed by atoms with van der Waals surface area (Å²) in [5.41, 5.74) is 2.16. The minimum absolute atomic E-state index is 0.0416. The highest BCUT2D eigenvalue weighted by atomic mass is 35.5. The van der Waals surface area contributed by atoms with Gasteiger partial charge in [-0.15, -0.1) is 11.8 Å². The van der Waals surface area contributed by atoms with Crippen LogP contribution in [0.4, 0.5) is 10.1 Å². The molecule has 0 fully saturated rings. The Morgan fingerprint density at radius 2 is 2.10 bits per heavy atom. The molecule has 0 bridgehead atoms. The summed E-state index contributed by atoms with van der Waals surface area (Å²) in [5.74, 6) is -0.601. The monoisotopic (exact) mass is 449 g/mol. The maximum atomic E-state index is 13.1. The van der Waals surface area contributed by atoms with E-state index in [1.165, 1.54) is 17.8 Å². The normalized spacial score (nSPS) is 10.7. The Kier molecular flexibility index (Phi) is 7.07. The molecule has 10 heteroatoms. The number of nitrogens with zero attached hydrogens (tertiary/aromatic N) is 2. The lowest BCUT2D eigenvalue weighted by Crippen LogP contribution is -2.21. The molecule has 156 valence electrons. The van der Waals surface area contributed by atoms with Crippen molar-refractivity contribution in [2.75, 3.05) is 11.9 Å². The molecule has 0 atom stereocenters. The van der Waals surface area contributed by atoms with E-state index in [2.05, 4.69) is 15.5 Å². The largest absolute Gasteiger partial charge is 0.452 e. The van der Waals surface area contributed by atoms with Gasteiger partial charge < -0.3 is 14.6 Å². The molecule has 3 rings (SSSR count). The van der Waals surface area contributed by atoms with Gasteiger partial charge in [-0.3, -0.25) is 4.79 Å². The molecule has 1 N–H and O–H groups in total. The number of esters is 1. The smallest absolute Gasteiger partial charge is 0.341 e. The van der Waals surface area contributed by atoms with Crippen molar-refractivity contribution in [3.05, 3.63) is 69.9 Å². The van der Waals surface area contributed by atoms with Gasteiger partial charge in [0, 0.05) is 17.5 Å². The van der Waals surface area contributed by atoms with E-state index in [1.54, 1.807) is 18.3 Å². The highest BCUT2D eigenvalue weighted by Crippen LogP contribution is 2.27. The van der Waals surface area contributed by atoms with Crippen LogP contribution in [0.15, 0.2) is 46.1 Å². The van der Waals surface area contributed by atoms with Gasteiger partial charge in [0.05, 0.1) is 22.0 Å².